The summed E-state index contributed by atoms with van der Waals surface area (Å²) in [6.07, 6.45) is 3.52. The Bertz CT molecular complexity index is 138. The van der Waals surface area contributed by atoms with Gasteiger partial charge in [0.05, 0.1) is 5.60 Å². The van der Waals surface area contributed by atoms with E-state index < -0.39 is 8.32 Å². The Hall–Kier alpha value is 0.137. The monoisotopic (exact) mass is 232 g/mol. The Balaban J connectivity index is 3.20. The first-order valence-corrected chi connectivity index (χ1v) is 9.39. The third-order valence-electron chi connectivity index (χ3n) is 1.86. The minimum absolute atomic E-state index is 0.00875. The van der Waals surface area contributed by atoms with Gasteiger partial charge < -0.3 is 9.16 Å². The van der Waals surface area contributed by atoms with Crippen molar-refractivity contribution in [2.24, 2.45) is 0 Å². The van der Waals surface area contributed by atoms with Crippen molar-refractivity contribution in [3.05, 3.63) is 0 Å². The fourth-order valence-corrected chi connectivity index (χ4v) is 1.89. The van der Waals surface area contributed by atoms with Crippen molar-refractivity contribution in [1.29, 1.82) is 0 Å². The van der Waals surface area contributed by atoms with Crippen LogP contribution in [0, 0.1) is 0 Å². The zero-order valence-corrected chi connectivity index (χ0v) is 12.4. The van der Waals surface area contributed by atoms with Crippen LogP contribution < -0.4 is 0 Å². The predicted octanol–water partition coefficient (Wildman–Crippen LogP) is 3.82. The van der Waals surface area contributed by atoms with E-state index >= 15 is 0 Å². The van der Waals surface area contributed by atoms with Crippen LogP contribution in [0.25, 0.3) is 0 Å². The lowest BCUT2D eigenvalue weighted by Gasteiger charge is -2.19. The van der Waals surface area contributed by atoms with Crippen molar-refractivity contribution >= 4 is 8.32 Å². The Labute approximate surface area is 96.5 Å². The normalized spacial score (nSPS) is 13.2. The molecule has 0 heterocycles. The van der Waals surface area contributed by atoms with Crippen LogP contribution in [0.2, 0.25) is 19.6 Å². The van der Waals surface area contributed by atoms with Crippen LogP contribution in [-0.2, 0) is 9.16 Å². The molecule has 0 fully saturated rings. The summed E-state index contributed by atoms with van der Waals surface area (Å²) < 4.78 is 11.4. The number of ether oxygens (including phenoxy) is 1. The van der Waals surface area contributed by atoms with Crippen molar-refractivity contribution in [2.45, 2.75) is 65.3 Å². The lowest BCUT2D eigenvalue weighted by atomic mass is 10.2. The molecular formula is C12H28O2Si. The summed E-state index contributed by atoms with van der Waals surface area (Å²) in [6, 6.07) is 0. The van der Waals surface area contributed by atoms with Gasteiger partial charge in [-0.25, -0.2) is 0 Å². The molecule has 0 amide bonds. The maximum atomic E-state index is 5.77. The van der Waals surface area contributed by atoms with E-state index in [0.717, 1.165) is 26.1 Å². The van der Waals surface area contributed by atoms with Gasteiger partial charge in [0.25, 0.3) is 0 Å². The van der Waals surface area contributed by atoms with Gasteiger partial charge >= 0.3 is 0 Å². The highest BCUT2D eigenvalue weighted by Gasteiger charge is 2.13. The van der Waals surface area contributed by atoms with Gasteiger partial charge in [0.2, 0.25) is 0 Å². The van der Waals surface area contributed by atoms with Crippen molar-refractivity contribution in [3.8, 4) is 0 Å². The molecule has 3 heteroatoms. The molecule has 0 aromatic rings. The molecule has 0 bridgehead atoms. The summed E-state index contributed by atoms with van der Waals surface area (Å²) in [7, 11) is -1.29. The quantitative estimate of drug-likeness (QED) is 0.491. The Morgan fingerprint density at radius 1 is 0.867 bits per heavy atom. The minimum atomic E-state index is -1.29. The fourth-order valence-electron chi connectivity index (χ4n) is 1.14. The Kier molecular flexibility index (Phi) is 6.72. The highest BCUT2D eigenvalue weighted by atomic mass is 28.4. The van der Waals surface area contributed by atoms with E-state index in [-0.39, 0.29) is 5.60 Å². The summed E-state index contributed by atoms with van der Waals surface area (Å²) in [5.74, 6) is 0. The molecule has 0 N–H and O–H groups in total. The first-order valence-electron chi connectivity index (χ1n) is 5.99. The lowest BCUT2D eigenvalue weighted by molar-refractivity contribution is -0.00493. The largest absolute Gasteiger partial charge is 0.418 e. The molecule has 0 spiro atoms. The molecule has 0 atom stereocenters. The van der Waals surface area contributed by atoms with E-state index in [1.165, 1.54) is 6.42 Å². The molecule has 15 heavy (non-hydrogen) atoms. The first-order chi connectivity index (χ1) is 6.71. The average molecular weight is 232 g/mol. The molecule has 0 saturated heterocycles. The Morgan fingerprint density at radius 2 is 1.40 bits per heavy atom. The molecule has 0 rings (SSSR count). The average Bonchev–Trinajstić information content (AvgIpc) is 1.98. The summed E-state index contributed by atoms with van der Waals surface area (Å²) >= 11 is 0. The molecular weight excluding hydrogens is 204 g/mol. The topological polar surface area (TPSA) is 18.5 Å². The third-order valence-corrected chi connectivity index (χ3v) is 2.93. The van der Waals surface area contributed by atoms with E-state index in [1.807, 2.05) is 0 Å². The maximum absolute atomic E-state index is 5.77. The summed E-state index contributed by atoms with van der Waals surface area (Å²) in [6.45, 7) is 14.8. The van der Waals surface area contributed by atoms with E-state index in [9.17, 15) is 0 Å². The molecule has 0 unspecified atom stereocenters. The van der Waals surface area contributed by atoms with Crippen molar-refractivity contribution in [3.63, 3.8) is 0 Å². The van der Waals surface area contributed by atoms with Gasteiger partial charge in [-0.1, -0.05) is 0 Å². The SMILES string of the molecule is CC(C)(C)OCCCCCO[Si](C)(C)C. The molecule has 2 nitrogen and oxygen atoms in total. The highest BCUT2D eigenvalue weighted by Crippen LogP contribution is 2.09. The van der Waals surface area contributed by atoms with Gasteiger partial charge in [0.15, 0.2) is 8.32 Å². The minimum Gasteiger partial charge on any atom is -0.418 e. The van der Waals surface area contributed by atoms with Crippen LogP contribution in [0.4, 0.5) is 0 Å². The Morgan fingerprint density at radius 3 is 1.87 bits per heavy atom. The fraction of sp³-hybridized carbons (Fsp3) is 1.00. The predicted molar refractivity (Wildman–Crippen MR) is 68.9 cm³/mol. The molecule has 0 saturated carbocycles. The maximum Gasteiger partial charge on any atom is 0.183 e. The smallest absolute Gasteiger partial charge is 0.183 e. The second-order valence-electron chi connectivity index (χ2n) is 5.98. The number of hydrogen-bond acceptors (Lipinski definition) is 2. The molecule has 0 aromatic heterocycles. The summed E-state index contributed by atoms with van der Waals surface area (Å²) in [5, 5.41) is 0. The second-order valence-corrected chi connectivity index (χ2v) is 10.5. The van der Waals surface area contributed by atoms with Crippen LogP contribution in [-0.4, -0.2) is 27.1 Å². The second kappa shape index (κ2) is 6.66. The van der Waals surface area contributed by atoms with Gasteiger partial charge in [-0.15, -0.1) is 0 Å². The van der Waals surface area contributed by atoms with Crippen LogP contribution >= 0.6 is 0 Å². The summed E-state index contributed by atoms with van der Waals surface area (Å²) in [5.41, 5.74) is 0.00875. The molecule has 0 aliphatic carbocycles. The van der Waals surface area contributed by atoms with E-state index in [0.29, 0.717) is 0 Å². The standard InChI is InChI=1S/C12H28O2Si/c1-12(2,3)13-10-8-7-9-11-14-15(4,5)6/h7-11H2,1-6H3. The van der Waals surface area contributed by atoms with E-state index in [4.69, 9.17) is 9.16 Å². The summed E-state index contributed by atoms with van der Waals surface area (Å²) in [4.78, 5) is 0. The number of rotatable bonds is 7. The highest BCUT2D eigenvalue weighted by molar-refractivity contribution is 6.69. The number of unbranched alkanes of at least 4 members (excludes halogenated alkanes) is 2. The van der Waals surface area contributed by atoms with E-state index in [2.05, 4.69) is 40.4 Å². The van der Waals surface area contributed by atoms with Crippen LogP contribution in [0.1, 0.15) is 40.0 Å². The van der Waals surface area contributed by atoms with Crippen LogP contribution in [0.3, 0.4) is 0 Å². The van der Waals surface area contributed by atoms with Gasteiger partial charge in [-0.05, 0) is 59.7 Å². The molecule has 0 aromatic carbocycles. The lowest BCUT2D eigenvalue weighted by Crippen LogP contribution is -2.25. The van der Waals surface area contributed by atoms with Gasteiger partial charge in [0, 0.05) is 13.2 Å². The molecule has 0 aliphatic heterocycles. The first kappa shape index (κ1) is 15.1. The zero-order chi connectivity index (χ0) is 11.9. The van der Waals surface area contributed by atoms with Crippen molar-refractivity contribution < 1.29 is 9.16 Å². The van der Waals surface area contributed by atoms with Gasteiger partial charge in [-0.3, -0.25) is 0 Å². The zero-order valence-electron chi connectivity index (χ0n) is 11.4. The molecule has 0 aliphatic rings. The van der Waals surface area contributed by atoms with Crippen molar-refractivity contribution in [2.75, 3.05) is 13.2 Å². The van der Waals surface area contributed by atoms with Crippen LogP contribution in [0.5, 0.6) is 0 Å². The van der Waals surface area contributed by atoms with Gasteiger partial charge in [0.1, 0.15) is 0 Å². The molecule has 92 valence electrons. The third kappa shape index (κ3) is 14.1. The van der Waals surface area contributed by atoms with Crippen molar-refractivity contribution in [1.82, 2.24) is 0 Å². The van der Waals surface area contributed by atoms with E-state index in [1.54, 1.807) is 0 Å². The van der Waals surface area contributed by atoms with Gasteiger partial charge in [-0.2, -0.15) is 0 Å². The number of hydrogen-bond donors (Lipinski definition) is 0. The molecule has 0 radical (unpaired) electrons. The van der Waals surface area contributed by atoms with Crippen LogP contribution in [0.15, 0.2) is 0 Å².